The fourth-order valence-corrected chi connectivity index (χ4v) is 2.13. The van der Waals surface area contributed by atoms with Gasteiger partial charge in [0.05, 0.1) is 5.69 Å². The van der Waals surface area contributed by atoms with Crippen molar-refractivity contribution in [2.24, 2.45) is 0 Å². The number of para-hydroxylation sites is 1. The first kappa shape index (κ1) is 14.7. The van der Waals surface area contributed by atoms with Crippen LogP contribution in [0.2, 0.25) is 0 Å². The SMILES string of the molecule is CCCNc1nc(C)cc(Nc2c(F)cccc2Br)n1. The number of halogens is 2. The summed E-state index contributed by atoms with van der Waals surface area (Å²) in [6.07, 6.45) is 0.985. The molecule has 0 aliphatic rings. The highest BCUT2D eigenvalue weighted by Crippen LogP contribution is 2.28. The second kappa shape index (κ2) is 6.65. The summed E-state index contributed by atoms with van der Waals surface area (Å²) in [5.74, 6) is 0.766. The van der Waals surface area contributed by atoms with Gasteiger partial charge in [-0.05, 0) is 41.4 Å². The van der Waals surface area contributed by atoms with Crippen LogP contribution >= 0.6 is 15.9 Å². The zero-order valence-corrected chi connectivity index (χ0v) is 13.0. The predicted molar refractivity (Wildman–Crippen MR) is 82.9 cm³/mol. The van der Waals surface area contributed by atoms with E-state index in [9.17, 15) is 4.39 Å². The number of nitrogens with zero attached hydrogens (tertiary/aromatic N) is 2. The van der Waals surface area contributed by atoms with Gasteiger partial charge in [-0.1, -0.05) is 13.0 Å². The van der Waals surface area contributed by atoms with Crippen molar-refractivity contribution in [3.8, 4) is 0 Å². The molecule has 1 heterocycles. The Labute approximate surface area is 126 Å². The number of rotatable bonds is 5. The lowest BCUT2D eigenvalue weighted by Gasteiger charge is -2.11. The van der Waals surface area contributed by atoms with Gasteiger partial charge < -0.3 is 10.6 Å². The summed E-state index contributed by atoms with van der Waals surface area (Å²) in [6, 6.07) is 6.59. The Bertz CT molecular complexity index is 583. The molecule has 0 aliphatic carbocycles. The van der Waals surface area contributed by atoms with Crippen LogP contribution in [-0.4, -0.2) is 16.5 Å². The van der Waals surface area contributed by atoms with Crippen LogP contribution in [0.25, 0.3) is 0 Å². The third-order valence-corrected chi connectivity index (χ3v) is 3.26. The fraction of sp³-hybridized carbons (Fsp3) is 0.286. The number of hydrogen-bond acceptors (Lipinski definition) is 4. The summed E-state index contributed by atoms with van der Waals surface area (Å²) in [6.45, 7) is 4.74. The van der Waals surface area contributed by atoms with Gasteiger partial charge in [0.25, 0.3) is 0 Å². The Balaban J connectivity index is 2.27. The average Bonchev–Trinajstić information content (AvgIpc) is 2.40. The maximum atomic E-state index is 13.8. The highest BCUT2D eigenvalue weighted by Gasteiger charge is 2.09. The van der Waals surface area contributed by atoms with Gasteiger partial charge in [-0.15, -0.1) is 0 Å². The van der Waals surface area contributed by atoms with Crippen molar-refractivity contribution < 1.29 is 4.39 Å². The summed E-state index contributed by atoms with van der Waals surface area (Å²) in [5, 5.41) is 6.11. The third-order valence-electron chi connectivity index (χ3n) is 2.60. The number of benzene rings is 1. The molecule has 20 heavy (non-hydrogen) atoms. The molecule has 0 bridgehead atoms. The minimum absolute atomic E-state index is 0.335. The molecule has 0 amide bonds. The Morgan fingerprint density at radius 3 is 2.80 bits per heavy atom. The molecule has 0 saturated carbocycles. The molecule has 4 nitrogen and oxygen atoms in total. The van der Waals surface area contributed by atoms with E-state index in [4.69, 9.17) is 0 Å². The van der Waals surface area contributed by atoms with Crippen molar-refractivity contribution in [2.45, 2.75) is 20.3 Å². The van der Waals surface area contributed by atoms with Gasteiger partial charge in [0.15, 0.2) is 0 Å². The largest absolute Gasteiger partial charge is 0.354 e. The maximum absolute atomic E-state index is 13.8. The van der Waals surface area contributed by atoms with E-state index in [0.29, 0.717) is 21.9 Å². The van der Waals surface area contributed by atoms with Crippen LogP contribution in [-0.2, 0) is 0 Å². The number of aryl methyl sites for hydroxylation is 1. The smallest absolute Gasteiger partial charge is 0.224 e. The standard InChI is InChI=1S/C14H16BrFN4/c1-3-7-17-14-18-9(2)8-12(20-14)19-13-10(15)5-4-6-11(13)16/h4-6,8H,3,7H2,1-2H3,(H2,17,18,19,20). The van der Waals surface area contributed by atoms with Gasteiger partial charge in [-0.3, -0.25) is 0 Å². The molecule has 2 aromatic rings. The molecule has 0 radical (unpaired) electrons. The third kappa shape index (κ3) is 3.66. The van der Waals surface area contributed by atoms with E-state index in [0.717, 1.165) is 18.7 Å². The molecule has 2 N–H and O–H groups in total. The van der Waals surface area contributed by atoms with Crippen LogP contribution in [0.15, 0.2) is 28.7 Å². The minimum atomic E-state index is -0.335. The zero-order chi connectivity index (χ0) is 14.5. The molecule has 0 atom stereocenters. The molecule has 0 aliphatic heterocycles. The van der Waals surface area contributed by atoms with Crippen LogP contribution in [0.3, 0.4) is 0 Å². The molecule has 2 rings (SSSR count). The van der Waals surface area contributed by atoms with Crippen molar-refractivity contribution >= 4 is 33.4 Å². The Kier molecular flexibility index (Phi) is 4.89. The molecule has 0 saturated heterocycles. The van der Waals surface area contributed by atoms with Gasteiger partial charge >= 0.3 is 0 Å². The van der Waals surface area contributed by atoms with E-state index in [-0.39, 0.29) is 5.82 Å². The number of anilines is 3. The van der Waals surface area contributed by atoms with Crippen LogP contribution in [0, 0.1) is 12.7 Å². The van der Waals surface area contributed by atoms with E-state index in [1.54, 1.807) is 18.2 Å². The van der Waals surface area contributed by atoms with Gasteiger partial charge in [0.1, 0.15) is 11.6 Å². The average molecular weight is 339 g/mol. The fourth-order valence-electron chi connectivity index (χ4n) is 1.69. The molecule has 0 fully saturated rings. The Morgan fingerprint density at radius 1 is 1.30 bits per heavy atom. The van der Waals surface area contributed by atoms with E-state index < -0.39 is 0 Å². The highest BCUT2D eigenvalue weighted by molar-refractivity contribution is 9.10. The van der Waals surface area contributed by atoms with Gasteiger partial charge in [0, 0.05) is 22.8 Å². The van der Waals surface area contributed by atoms with Crippen LogP contribution in [0.4, 0.5) is 21.8 Å². The summed E-state index contributed by atoms with van der Waals surface area (Å²) in [4.78, 5) is 8.62. The molecule has 0 unspecified atom stereocenters. The first-order valence-electron chi connectivity index (χ1n) is 6.40. The van der Waals surface area contributed by atoms with E-state index in [2.05, 4.69) is 43.5 Å². The maximum Gasteiger partial charge on any atom is 0.224 e. The molecule has 1 aromatic carbocycles. The van der Waals surface area contributed by atoms with Gasteiger partial charge in [0.2, 0.25) is 5.95 Å². The van der Waals surface area contributed by atoms with Crippen molar-refractivity contribution in [3.63, 3.8) is 0 Å². The molecule has 106 valence electrons. The van der Waals surface area contributed by atoms with Crippen molar-refractivity contribution in [3.05, 3.63) is 40.2 Å². The quantitative estimate of drug-likeness (QED) is 0.855. The first-order valence-corrected chi connectivity index (χ1v) is 7.20. The Hall–Kier alpha value is -1.69. The van der Waals surface area contributed by atoms with Crippen LogP contribution in [0.5, 0.6) is 0 Å². The highest BCUT2D eigenvalue weighted by atomic mass is 79.9. The molecular formula is C14H16BrFN4. The molecular weight excluding hydrogens is 323 g/mol. The first-order chi connectivity index (χ1) is 9.60. The minimum Gasteiger partial charge on any atom is -0.354 e. The lowest BCUT2D eigenvalue weighted by atomic mass is 10.3. The summed E-state index contributed by atoms with van der Waals surface area (Å²) >= 11 is 3.32. The molecule has 0 spiro atoms. The summed E-state index contributed by atoms with van der Waals surface area (Å²) in [7, 11) is 0. The number of nitrogens with one attached hydrogen (secondary N) is 2. The topological polar surface area (TPSA) is 49.8 Å². The lowest BCUT2D eigenvalue weighted by Crippen LogP contribution is -2.07. The van der Waals surface area contributed by atoms with Crippen LogP contribution < -0.4 is 10.6 Å². The molecule has 6 heteroatoms. The van der Waals surface area contributed by atoms with E-state index >= 15 is 0 Å². The normalized spacial score (nSPS) is 10.4. The number of aromatic nitrogens is 2. The second-order valence-corrected chi connectivity index (χ2v) is 5.22. The van der Waals surface area contributed by atoms with Crippen LogP contribution in [0.1, 0.15) is 19.0 Å². The Morgan fingerprint density at radius 2 is 2.10 bits per heavy atom. The second-order valence-electron chi connectivity index (χ2n) is 4.37. The zero-order valence-electron chi connectivity index (χ0n) is 11.4. The number of hydrogen-bond donors (Lipinski definition) is 2. The molecule has 1 aromatic heterocycles. The predicted octanol–water partition coefficient (Wildman–Crippen LogP) is 4.25. The van der Waals surface area contributed by atoms with E-state index in [1.165, 1.54) is 6.07 Å². The summed E-state index contributed by atoms with van der Waals surface area (Å²) < 4.78 is 14.4. The lowest BCUT2D eigenvalue weighted by molar-refractivity contribution is 0.631. The van der Waals surface area contributed by atoms with Gasteiger partial charge in [-0.25, -0.2) is 9.37 Å². The van der Waals surface area contributed by atoms with Crippen molar-refractivity contribution in [1.29, 1.82) is 0 Å². The van der Waals surface area contributed by atoms with Gasteiger partial charge in [-0.2, -0.15) is 4.98 Å². The summed E-state index contributed by atoms with van der Waals surface area (Å²) in [5.41, 5.74) is 1.18. The van der Waals surface area contributed by atoms with E-state index in [1.807, 2.05) is 6.92 Å². The van der Waals surface area contributed by atoms with Crippen molar-refractivity contribution in [2.75, 3.05) is 17.2 Å². The van der Waals surface area contributed by atoms with Crippen molar-refractivity contribution in [1.82, 2.24) is 9.97 Å². The monoisotopic (exact) mass is 338 g/mol.